The number of aromatic amines is 1. The quantitative estimate of drug-likeness (QED) is 0.541. The normalized spacial score (nSPS) is 12.2. The lowest BCUT2D eigenvalue weighted by atomic mass is 9.92. The summed E-state index contributed by atoms with van der Waals surface area (Å²) in [5, 5.41) is 20.4. The number of phenolic OH excluding ortho intramolecular Hbond substituents is 1. The first kappa shape index (κ1) is 17.2. The van der Waals surface area contributed by atoms with E-state index in [0.717, 1.165) is 16.5 Å². The molecular weight excluding hydrogens is 386 g/mol. The molecule has 0 aliphatic rings. The molecule has 0 spiro atoms. The second kappa shape index (κ2) is 7.11. The van der Waals surface area contributed by atoms with Gasteiger partial charge in [0.2, 0.25) is 0 Å². The van der Waals surface area contributed by atoms with Crippen molar-refractivity contribution >= 4 is 38.6 Å². The number of H-pyrrole nitrogens is 1. The lowest BCUT2D eigenvalue weighted by Crippen LogP contribution is -2.20. The van der Waals surface area contributed by atoms with E-state index < -0.39 is 17.7 Å². The first-order chi connectivity index (χ1) is 12.0. The maximum atomic E-state index is 12.4. The van der Waals surface area contributed by atoms with Gasteiger partial charge in [0.05, 0.1) is 11.5 Å². The summed E-state index contributed by atoms with van der Waals surface area (Å²) in [6.07, 6.45) is 1.84. The Balaban J connectivity index is 1.82. The number of phenols is 1. The van der Waals surface area contributed by atoms with Gasteiger partial charge < -0.3 is 15.2 Å². The summed E-state index contributed by atoms with van der Waals surface area (Å²) in [5.41, 5.74) is 1.92. The number of carbonyl (C=O) groups is 2. The largest absolute Gasteiger partial charge is 0.507 e. The number of carboxylic acids is 1. The molecule has 0 unspecified atom stereocenters. The number of hydrogen-bond acceptors (Lipinski definition) is 3. The average molecular weight is 402 g/mol. The maximum absolute atomic E-state index is 12.4. The summed E-state index contributed by atoms with van der Waals surface area (Å²) in [5.74, 6) is -2.45. The number of benzene rings is 2. The van der Waals surface area contributed by atoms with Gasteiger partial charge in [0.1, 0.15) is 5.75 Å². The van der Waals surface area contributed by atoms with Crippen LogP contribution in [-0.4, -0.2) is 26.9 Å². The number of fused-ring (bicyclic) bond motifs is 1. The minimum atomic E-state index is -1.03. The Morgan fingerprint density at radius 2 is 1.92 bits per heavy atom. The Morgan fingerprint density at radius 1 is 1.16 bits per heavy atom. The summed E-state index contributed by atoms with van der Waals surface area (Å²) < 4.78 is 0.648. The minimum Gasteiger partial charge on any atom is -0.507 e. The van der Waals surface area contributed by atoms with Crippen molar-refractivity contribution in [1.82, 2.24) is 4.98 Å². The fourth-order valence-corrected chi connectivity index (χ4v) is 3.24. The van der Waals surface area contributed by atoms with Crippen LogP contribution in [0.2, 0.25) is 0 Å². The van der Waals surface area contributed by atoms with E-state index in [2.05, 4.69) is 20.9 Å². The number of nitrogens with one attached hydrogen (secondary N) is 1. The van der Waals surface area contributed by atoms with Gasteiger partial charge in [-0.3, -0.25) is 9.59 Å². The van der Waals surface area contributed by atoms with Gasteiger partial charge in [-0.05, 0) is 36.2 Å². The van der Waals surface area contributed by atoms with Crippen molar-refractivity contribution in [2.45, 2.75) is 12.8 Å². The van der Waals surface area contributed by atoms with E-state index in [1.165, 1.54) is 12.1 Å². The molecule has 5 nitrogen and oxygen atoms in total. The SMILES string of the molecule is O=C(C[C@@H](Cc1c[nH]c2ccccc12)C(=O)O)c1ccc(Br)cc1O. The van der Waals surface area contributed by atoms with Crippen LogP contribution in [0.15, 0.2) is 53.1 Å². The highest BCUT2D eigenvalue weighted by Gasteiger charge is 2.25. The van der Waals surface area contributed by atoms with Gasteiger partial charge >= 0.3 is 5.97 Å². The van der Waals surface area contributed by atoms with Gasteiger partial charge in [0.15, 0.2) is 5.78 Å². The molecule has 0 amide bonds. The number of halogens is 1. The van der Waals surface area contributed by atoms with E-state index in [4.69, 9.17) is 0 Å². The van der Waals surface area contributed by atoms with Gasteiger partial charge in [0.25, 0.3) is 0 Å². The number of hydrogen-bond donors (Lipinski definition) is 3. The number of aromatic nitrogens is 1. The van der Waals surface area contributed by atoms with Crippen LogP contribution in [0.4, 0.5) is 0 Å². The topological polar surface area (TPSA) is 90.4 Å². The maximum Gasteiger partial charge on any atom is 0.307 e. The summed E-state index contributed by atoms with van der Waals surface area (Å²) in [6.45, 7) is 0. The third-order valence-corrected chi connectivity index (χ3v) is 4.68. The van der Waals surface area contributed by atoms with Crippen LogP contribution in [0.5, 0.6) is 5.75 Å². The van der Waals surface area contributed by atoms with Gasteiger partial charge in [-0.15, -0.1) is 0 Å². The van der Waals surface area contributed by atoms with Crippen LogP contribution in [0.3, 0.4) is 0 Å². The molecule has 2 aromatic carbocycles. The van der Waals surface area contributed by atoms with Gasteiger partial charge in [-0.2, -0.15) is 0 Å². The van der Waals surface area contributed by atoms with E-state index in [-0.39, 0.29) is 24.2 Å². The number of rotatable bonds is 6. The second-order valence-electron chi connectivity index (χ2n) is 5.89. The fraction of sp³-hybridized carbons (Fsp3) is 0.158. The molecule has 0 radical (unpaired) electrons. The number of ketones is 1. The molecule has 128 valence electrons. The van der Waals surface area contributed by atoms with Crippen LogP contribution in [0.1, 0.15) is 22.3 Å². The summed E-state index contributed by atoms with van der Waals surface area (Å²) in [7, 11) is 0. The molecule has 0 aliphatic carbocycles. The molecule has 6 heteroatoms. The predicted molar refractivity (Wildman–Crippen MR) is 97.9 cm³/mol. The smallest absolute Gasteiger partial charge is 0.307 e. The zero-order valence-corrected chi connectivity index (χ0v) is 14.8. The number of aliphatic carboxylic acids is 1. The lowest BCUT2D eigenvalue weighted by Gasteiger charge is -2.12. The molecule has 0 bridgehead atoms. The van der Waals surface area contributed by atoms with E-state index in [0.29, 0.717) is 4.47 Å². The van der Waals surface area contributed by atoms with Crippen LogP contribution in [0, 0.1) is 5.92 Å². The Labute approximate surface area is 152 Å². The number of Topliss-reactive ketones (excluding diaryl/α,β-unsaturated/α-hetero) is 1. The first-order valence-corrected chi connectivity index (χ1v) is 8.54. The Morgan fingerprint density at radius 3 is 2.64 bits per heavy atom. The van der Waals surface area contributed by atoms with Crippen molar-refractivity contribution in [2.24, 2.45) is 5.92 Å². The molecule has 25 heavy (non-hydrogen) atoms. The standard InChI is InChI=1S/C19H16BrNO4/c20-13-5-6-15(18(23)9-13)17(22)8-11(19(24)25)7-12-10-21-16-4-2-1-3-14(12)16/h1-6,9-11,21,23H,7-8H2,(H,24,25)/t11-/m1/s1. The van der Waals surface area contributed by atoms with E-state index in [9.17, 15) is 19.8 Å². The molecular formula is C19H16BrNO4. The van der Waals surface area contributed by atoms with Gasteiger partial charge in [-0.25, -0.2) is 0 Å². The second-order valence-corrected chi connectivity index (χ2v) is 6.80. The molecule has 0 aliphatic heterocycles. The Hall–Kier alpha value is -2.60. The van der Waals surface area contributed by atoms with Crippen molar-refractivity contribution in [3.05, 3.63) is 64.3 Å². The number of carboxylic acid groups (broad SMARTS) is 1. The Bertz CT molecular complexity index is 948. The molecule has 3 rings (SSSR count). The third kappa shape index (κ3) is 3.74. The summed E-state index contributed by atoms with van der Waals surface area (Å²) in [4.78, 5) is 27.2. The van der Waals surface area contributed by atoms with Gasteiger partial charge in [0, 0.05) is 28.0 Å². The van der Waals surface area contributed by atoms with Crippen LogP contribution >= 0.6 is 15.9 Å². The molecule has 1 aromatic heterocycles. The summed E-state index contributed by atoms with van der Waals surface area (Å²) in [6, 6.07) is 12.2. The van der Waals surface area contributed by atoms with Crippen LogP contribution in [-0.2, 0) is 11.2 Å². The van der Waals surface area contributed by atoms with E-state index in [1.54, 1.807) is 12.3 Å². The molecule has 0 saturated heterocycles. The zero-order valence-electron chi connectivity index (χ0n) is 13.2. The van der Waals surface area contributed by atoms with Crippen molar-refractivity contribution in [3.8, 4) is 5.75 Å². The molecule has 3 N–H and O–H groups in total. The molecule has 1 atom stereocenters. The average Bonchev–Trinajstić information content (AvgIpc) is 2.97. The first-order valence-electron chi connectivity index (χ1n) is 7.75. The fourth-order valence-electron chi connectivity index (χ4n) is 2.89. The predicted octanol–water partition coefficient (Wildman–Crippen LogP) is 4.15. The molecule has 0 fully saturated rings. The third-order valence-electron chi connectivity index (χ3n) is 4.18. The van der Waals surface area contributed by atoms with Crippen molar-refractivity contribution < 1.29 is 19.8 Å². The highest BCUT2D eigenvalue weighted by molar-refractivity contribution is 9.10. The van der Waals surface area contributed by atoms with Crippen LogP contribution < -0.4 is 0 Å². The zero-order chi connectivity index (χ0) is 18.0. The monoisotopic (exact) mass is 401 g/mol. The van der Waals surface area contributed by atoms with E-state index >= 15 is 0 Å². The lowest BCUT2D eigenvalue weighted by molar-refractivity contribution is -0.141. The van der Waals surface area contributed by atoms with Crippen molar-refractivity contribution in [3.63, 3.8) is 0 Å². The molecule has 0 saturated carbocycles. The summed E-state index contributed by atoms with van der Waals surface area (Å²) >= 11 is 3.21. The number of aromatic hydroxyl groups is 1. The van der Waals surface area contributed by atoms with Gasteiger partial charge in [-0.1, -0.05) is 34.1 Å². The minimum absolute atomic E-state index is 0.133. The molecule has 1 heterocycles. The highest BCUT2D eigenvalue weighted by atomic mass is 79.9. The number of para-hydroxylation sites is 1. The highest BCUT2D eigenvalue weighted by Crippen LogP contribution is 2.27. The van der Waals surface area contributed by atoms with Crippen molar-refractivity contribution in [2.75, 3.05) is 0 Å². The van der Waals surface area contributed by atoms with Crippen molar-refractivity contribution in [1.29, 1.82) is 0 Å². The van der Waals surface area contributed by atoms with Crippen LogP contribution in [0.25, 0.3) is 10.9 Å². The van der Waals surface area contributed by atoms with E-state index in [1.807, 2.05) is 24.3 Å². The molecule has 3 aromatic rings. The Kier molecular flexibility index (Phi) is 4.90. The number of carbonyl (C=O) groups excluding carboxylic acids is 1.